The second-order valence-corrected chi connectivity index (χ2v) is 4.28. The molecular formula is C17H28. The summed E-state index contributed by atoms with van der Waals surface area (Å²) in [5.41, 5.74) is 5.78. The van der Waals surface area contributed by atoms with E-state index in [0.29, 0.717) is 0 Å². The number of hydrogen-bond donors (Lipinski definition) is 0. The summed E-state index contributed by atoms with van der Waals surface area (Å²) in [5, 5.41) is 0. The first-order valence-electron chi connectivity index (χ1n) is 6.94. The van der Waals surface area contributed by atoms with Gasteiger partial charge in [-0.3, -0.25) is 0 Å². The Morgan fingerprint density at radius 3 is 1.82 bits per heavy atom. The highest BCUT2D eigenvalue weighted by molar-refractivity contribution is 5.68. The van der Waals surface area contributed by atoms with E-state index in [-0.39, 0.29) is 0 Å². The van der Waals surface area contributed by atoms with Crippen molar-refractivity contribution in [2.45, 2.75) is 60.8 Å². The Kier molecular flexibility index (Phi) is 8.49. The molecule has 1 rings (SSSR count). The number of rotatable bonds is 4. The zero-order valence-electron chi connectivity index (χ0n) is 12.4. The topological polar surface area (TPSA) is 0 Å². The fourth-order valence-corrected chi connectivity index (χ4v) is 1.87. The van der Waals surface area contributed by atoms with Crippen LogP contribution in [0.4, 0.5) is 0 Å². The molecule has 1 aromatic rings. The number of aryl methyl sites for hydroxylation is 1. The molecule has 1 aromatic carbocycles. The van der Waals surface area contributed by atoms with Crippen LogP contribution < -0.4 is 0 Å². The summed E-state index contributed by atoms with van der Waals surface area (Å²) in [5.74, 6) is 0. The van der Waals surface area contributed by atoms with E-state index in [4.69, 9.17) is 0 Å². The predicted molar refractivity (Wildman–Crippen MR) is 80.3 cm³/mol. The van der Waals surface area contributed by atoms with Gasteiger partial charge in [-0.2, -0.15) is 0 Å². The number of allylic oxidation sites excluding steroid dienone is 2. The average Bonchev–Trinajstić information content (AvgIpc) is 2.38. The minimum atomic E-state index is 1.12. The summed E-state index contributed by atoms with van der Waals surface area (Å²) in [7, 11) is 0. The third-order valence-electron chi connectivity index (χ3n) is 2.81. The Bertz CT molecular complexity index is 324. The summed E-state index contributed by atoms with van der Waals surface area (Å²) >= 11 is 0. The van der Waals surface area contributed by atoms with Crippen LogP contribution >= 0.6 is 0 Å². The lowest BCUT2D eigenvalue weighted by Gasteiger charge is -2.09. The predicted octanol–water partition coefficient (Wildman–Crippen LogP) is 5.87. The first-order valence-corrected chi connectivity index (χ1v) is 6.94. The highest BCUT2D eigenvalue weighted by atomic mass is 14.1. The molecule has 17 heavy (non-hydrogen) atoms. The molecule has 0 fully saturated rings. The molecule has 0 heteroatoms. The van der Waals surface area contributed by atoms with Gasteiger partial charge >= 0.3 is 0 Å². The Labute approximate surface area is 108 Å². The van der Waals surface area contributed by atoms with Crippen molar-refractivity contribution >= 4 is 5.57 Å². The Hall–Kier alpha value is -1.04. The van der Waals surface area contributed by atoms with Gasteiger partial charge in [0, 0.05) is 0 Å². The maximum Gasteiger partial charge on any atom is -0.0225 e. The molecule has 0 amide bonds. The minimum absolute atomic E-state index is 1.12. The van der Waals surface area contributed by atoms with Gasteiger partial charge in [-0.15, -0.1) is 0 Å². The van der Waals surface area contributed by atoms with E-state index < -0.39 is 0 Å². The highest BCUT2D eigenvalue weighted by Gasteiger charge is 2.02. The van der Waals surface area contributed by atoms with E-state index in [0.717, 1.165) is 6.42 Å². The summed E-state index contributed by atoms with van der Waals surface area (Å²) in [6, 6.07) is 9.01. The molecule has 0 heterocycles. The van der Waals surface area contributed by atoms with Crippen LogP contribution in [0, 0.1) is 0 Å². The second-order valence-electron chi connectivity index (χ2n) is 4.28. The zero-order chi connectivity index (χ0) is 13.3. The molecule has 0 nitrogen and oxygen atoms in total. The van der Waals surface area contributed by atoms with Crippen molar-refractivity contribution in [1.82, 2.24) is 0 Å². The van der Waals surface area contributed by atoms with Crippen molar-refractivity contribution in [2.24, 2.45) is 0 Å². The van der Waals surface area contributed by atoms with Gasteiger partial charge < -0.3 is 0 Å². The van der Waals surface area contributed by atoms with Crippen LogP contribution in [-0.4, -0.2) is 0 Å². The van der Waals surface area contributed by atoms with E-state index in [1.165, 1.54) is 35.1 Å². The van der Waals surface area contributed by atoms with Crippen molar-refractivity contribution in [2.75, 3.05) is 0 Å². The second kappa shape index (κ2) is 9.04. The SMILES string of the molecule is CC.CCCC(=C(C)C)c1ccc(CC)cc1. The standard InChI is InChI=1S/C15H22.C2H6/c1-5-7-15(12(3)4)14-10-8-13(6-2)9-11-14;1-2/h8-11H,5-7H2,1-4H3;1-2H3. The van der Waals surface area contributed by atoms with Gasteiger partial charge in [0.05, 0.1) is 0 Å². The highest BCUT2D eigenvalue weighted by Crippen LogP contribution is 2.23. The van der Waals surface area contributed by atoms with Crippen LogP contribution in [0.3, 0.4) is 0 Å². The normalized spacial score (nSPS) is 9.29. The van der Waals surface area contributed by atoms with E-state index in [9.17, 15) is 0 Å². The van der Waals surface area contributed by atoms with Crippen molar-refractivity contribution in [3.63, 3.8) is 0 Å². The number of hydrogen-bond acceptors (Lipinski definition) is 0. The van der Waals surface area contributed by atoms with E-state index in [1.807, 2.05) is 13.8 Å². The molecule has 0 spiro atoms. The molecule has 0 bridgehead atoms. The molecule has 0 aliphatic carbocycles. The maximum absolute atomic E-state index is 2.26. The van der Waals surface area contributed by atoms with E-state index >= 15 is 0 Å². The zero-order valence-corrected chi connectivity index (χ0v) is 12.4. The van der Waals surface area contributed by atoms with Crippen molar-refractivity contribution < 1.29 is 0 Å². The van der Waals surface area contributed by atoms with Crippen LogP contribution in [0.1, 0.15) is 65.5 Å². The van der Waals surface area contributed by atoms with Crippen LogP contribution in [0.25, 0.3) is 5.57 Å². The van der Waals surface area contributed by atoms with Crippen LogP contribution in [0.2, 0.25) is 0 Å². The first kappa shape index (κ1) is 16.0. The molecule has 96 valence electrons. The van der Waals surface area contributed by atoms with Gasteiger partial charge in [0.15, 0.2) is 0 Å². The van der Waals surface area contributed by atoms with Gasteiger partial charge in [0.2, 0.25) is 0 Å². The molecule has 0 aliphatic heterocycles. The fourth-order valence-electron chi connectivity index (χ4n) is 1.87. The van der Waals surface area contributed by atoms with Gasteiger partial charge in [-0.1, -0.05) is 64.0 Å². The van der Waals surface area contributed by atoms with Crippen molar-refractivity contribution in [3.05, 3.63) is 41.0 Å². The molecule has 0 atom stereocenters. The lowest BCUT2D eigenvalue weighted by Crippen LogP contribution is -1.88. The van der Waals surface area contributed by atoms with Gasteiger partial charge in [0.1, 0.15) is 0 Å². The molecule has 0 N–H and O–H groups in total. The number of benzene rings is 1. The van der Waals surface area contributed by atoms with Gasteiger partial charge in [0.25, 0.3) is 0 Å². The molecular weight excluding hydrogens is 204 g/mol. The molecule has 0 saturated carbocycles. The summed E-state index contributed by atoms with van der Waals surface area (Å²) < 4.78 is 0. The van der Waals surface area contributed by atoms with Crippen molar-refractivity contribution in [3.8, 4) is 0 Å². The van der Waals surface area contributed by atoms with Gasteiger partial charge in [-0.05, 0) is 43.4 Å². The largest absolute Gasteiger partial charge is 0.0726 e. The fraction of sp³-hybridized carbons (Fsp3) is 0.529. The monoisotopic (exact) mass is 232 g/mol. The van der Waals surface area contributed by atoms with E-state index in [2.05, 4.69) is 52.0 Å². The quantitative estimate of drug-likeness (QED) is 0.609. The molecule has 0 unspecified atom stereocenters. The Balaban J connectivity index is 0.00000121. The lowest BCUT2D eigenvalue weighted by atomic mass is 9.96. The third kappa shape index (κ3) is 5.21. The smallest absolute Gasteiger partial charge is 0.0225 e. The van der Waals surface area contributed by atoms with Crippen molar-refractivity contribution in [1.29, 1.82) is 0 Å². The molecule has 0 aromatic heterocycles. The third-order valence-corrected chi connectivity index (χ3v) is 2.81. The summed E-state index contributed by atoms with van der Waals surface area (Å²) in [6.07, 6.45) is 3.53. The molecule has 0 aliphatic rings. The minimum Gasteiger partial charge on any atom is -0.0726 e. The van der Waals surface area contributed by atoms with Crippen LogP contribution in [0.15, 0.2) is 29.8 Å². The molecule has 0 saturated heterocycles. The van der Waals surface area contributed by atoms with Gasteiger partial charge in [-0.25, -0.2) is 0 Å². The van der Waals surface area contributed by atoms with Crippen LogP contribution in [-0.2, 0) is 6.42 Å². The van der Waals surface area contributed by atoms with E-state index in [1.54, 1.807) is 0 Å². The lowest BCUT2D eigenvalue weighted by molar-refractivity contribution is 0.964. The first-order chi connectivity index (χ1) is 8.19. The maximum atomic E-state index is 2.26. The Morgan fingerprint density at radius 1 is 0.941 bits per heavy atom. The summed E-state index contributed by atoms with van der Waals surface area (Å²) in [6.45, 7) is 12.9. The summed E-state index contributed by atoms with van der Waals surface area (Å²) in [4.78, 5) is 0. The Morgan fingerprint density at radius 2 is 1.47 bits per heavy atom. The van der Waals surface area contributed by atoms with Crippen LogP contribution in [0.5, 0.6) is 0 Å². The molecule has 0 radical (unpaired) electrons. The average molecular weight is 232 g/mol.